The van der Waals surface area contributed by atoms with E-state index in [4.69, 9.17) is 22.4 Å². The predicted molar refractivity (Wildman–Crippen MR) is 115 cm³/mol. The minimum atomic E-state index is -1.03. The number of hydrogen-bond acceptors (Lipinski definition) is 4. The molecule has 1 saturated heterocycles. The molecule has 2 fully saturated rings. The summed E-state index contributed by atoms with van der Waals surface area (Å²) in [6.45, 7) is 1.74. The van der Waals surface area contributed by atoms with Crippen molar-refractivity contribution in [3.8, 4) is 0 Å². The van der Waals surface area contributed by atoms with Crippen molar-refractivity contribution >= 4 is 29.4 Å². The van der Waals surface area contributed by atoms with Gasteiger partial charge in [-0.25, -0.2) is 14.6 Å². The number of aromatic carboxylic acids is 1. The maximum Gasteiger partial charge on any atom is 0.337 e. The Morgan fingerprint density at radius 2 is 2.00 bits per heavy atom. The van der Waals surface area contributed by atoms with Gasteiger partial charge in [0.25, 0.3) is 0 Å². The van der Waals surface area contributed by atoms with E-state index in [1.807, 2.05) is 23.1 Å². The number of benzene rings is 1. The van der Waals surface area contributed by atoms with Crippen LogP contribution in [0, 0.1) is 0 Å². The molecule has 30 heavy (non-hydrogen) atoms. The second kappa shape index (κ2) is 8.24. The summed E-state index contributed by atoms with van der Waals surface area (Å²) >= 11 is 6.20. The summed E-state index contributed by atoms with van der Waals surface area (Å²) in [6, 6.07) is 11.1. The van der Waals surface area contributed by atoms with Gasteiger partial charge in [-0.3, -0.25) is 4.90 Å². The molecule has 2 aromatic rings. The van der Waals surface area contributed by atoms with Crippen LogP contribution < -0.4 is 10.6 Å². The number of carbonyl (C=O) groups excluding carboxylic acids is 1. The van der Waals surface area contributed by atoms with Crippen LogP contribution in [0.2, 0.25) is 5.02 Å². The third kappa shape index (κ3) is 3.75. The molecule has 1 aromatic carbocycles. The van der Waals surface area contributed by atoms with Crippen LogP contribution >= 0.6 is 11.6 Å². The van der Waals surface area contributed by atoms with Crippen molar-refractivity contribution in [2.75, 3.05) is 24.5 Å². The number of pyridine rings is 1. The Morgan fingerprint density at radius 3 is 2.60 bits per heavy atom. The third-order valence-electron chi connectivity index (χ3n) is 6.49. The van der Waals surface area contributed by atoms with Crippen LogP contribution in [-0.4, -0.2) is 52.7 Å². The molecule has 0 atom stereocenters. The monoisotopic (exact) mass is 428 g/mol. The molecule has 1 aliphatic carbocycles. The third-order valence-corrected chi connectivity index (χ3v) is 6.73. The first kappa shape index (κ1) is 20.6. The highest BCUT2D eigenvalue weighted by atomic mass is 35.5. The molecule has 158 valence electrons. The summed E-state index contributed by atoms with van der Waals surface area (Å²) in [5.41, 5.74) is 7.38. The number of urea groups is 1. The van der Waals surface area contributed by atoms with E-state index in [0.29, 0.717) is 30.5 Å². The zero-order valence-corrected chi connectivity index (χ0v) is 17.4. The molecule has 0 bridgehead atoms. The van der Waals surface area contributed by atoms with Gasteiger partial charge in [0.15, 0.2) is 0 Å². The first-order valence-corrected chi connectivity index (χ1v) is 10.5. The Labute approximate surface area is 180 Å². The van der Waals surface area contributed by atoms with Crippen LogP contribution in [0.1, 0.15) is 41.6 Å². The van der Waals surface area contributed by atoms with E-state index in [-0.39, 0.29) is 23.1 Å². The lowest BCUT2D eigenvalue weighted by Gasteiger charge is -2.42. The number of carboxylic acid groups (broad SMARTS) is 1. The van der Waals surface area contributed by atoms with Crippen LogP contribution in [0.25, 0.3) is 0 Å². The summed E-state index contributed by atoms with van der Waals surface area (Å²) in [6.07, 6.45) is 4.87. The highest BCUT2D eigenvalue weighted by Gasteiger charge is 2.41. The highest BCUT2D eigenvalue weighted by molar-refractivity contribution is 6.30. The second-order valence-corrected chi connectivity index (χ2v) is 8.50. The second-order valence-electron chi connectivity index (χ2n) is 8.06. The van der Waals surface area contributed by atoms with Crippen molar-refractivity contribution in [1.82, 2.24) is 9.88 Å². The number of amides is 2. The molecule has 2 amide bonds. The van der Waals surface area contributed by atoms with Gasteiger partial charge < -0.3 is 15.7 Å². The molecule has 1 aliphatic heterocycles. The molecule has 0 unspecified atom stereocenters. The summed E-state index contributed by atoms with van der Waals surface area (Å²) in [5, 5.41) is 9.74. The highest BCUT2D eigenvalue weighted by Crippen LogP contribution is 2.41. The lowest BCUT2D eigenvalue weighted by atomic mass is 9.68. The zero-order chi connectivity index (χ0) is 21.3. The standard InChI is InChI=1S/C22H25ClN4O3/c23-17-3-1-2-16(12-17)22(14-24)8-6-18(7-9-22)26-10-11-27(21(26)30)19-5-4-15(13-25-19)20(28)29/h1-5,12-13,18H,6-11,14,24H2,(H,28,29)/t18-,22-. The van der Waals surface area contributed by atoms with Crippen LogP contribution in [0.5, 0.6) is 0 Å². The number of halogens is 1. The molecule has 7 nitrogen and oxygen atoms in total. The van der Waals surface area contributed by atoms with Gasteiger partial charge in [-0.1, -0.05) is 23.7 Å². The summed E-state index contributed by atoms with van der Waals surface area (Å²) in [7, 11) is 0. The van der Waals surface area contributed by atoms with Crippen molar-refractivity contribution in [2.45, 2.75) is 37.1 Å². The molecule has 2 heterocycles. The van der Waals surface area contributed by atoms with Gasteiger partial charge in [-0.2, -0.15) is 0 Å². The number of carboxylic acids is 1. The number of nitrogens with two attached hydrogens (primary N) is 1. The van der Waals surface area contributed by atoms with E-state index < -0.39 is 5.97 Å². The molecule has 3 N–H and O–H groups in total. The number of nitrogens with zero attached hydrogens (tertiary/aromatic N) is 3. The van der Waals surface area contributed by atoms with Gasteiger partial charge >= 0.3 is 12.0 Å². The van der Waals surface area contributed by atoms with E-state index >= 15 is 0 Å². The Bertz CT molecular complexity index is 942. The maximum absolute atomic E-state index is 13.0. The molecule has 4 rings (SSSR count). The first-order chi connectivity index (χ1) is 14.4. The topological polar surface area (TPSA) is 99.8 Å². The molecule has 0 radical (unpaired) electrons. The molecular weight excluding hydrogens is 404 g/mol. The number of aromatic nitrogens is 1. The average molecular weight is 429 g/mol. The quantitative estimate of drug-likeness (QED) is 0.759. The first-order valence-electron chi connectivity index (χ1n) is 10.2. The Kier molecular flexibility index (Phi) is 5.66. The van der Waals surface area contributed by atoms with E-state index in [2.05, 4.69) is 11.1 Å². The van der Waals surface area contributed by atoms with Crippen LogP contribution in [0.15, 0.2) is 42.6 Å². The van der Waals surface area contributed by atoms with E-state index in [1.54, 1.807) is 11.0 Å². The van der Waals surface area contributed by atoms with Gasteiger partial charge in [-0.05, 0) is 55.5 Å². The van der Waals surface area contributed by atoms with Crippen molar-refractivity contribution < 1.29 is 14.7 Å². The largest absolute Gasteiger partial charge is 0.478 e. The smallest absolute Gasteiger partial charge is 0.337 e. The van der Waals surface area contributed by atoms with Crippen LogP contribution in [0.3, 0.4) is 0 Å². The molecule has 8 heteroatoms. The van der Waals surface area contributed by atoms with Crippen molar-refractivity contribution in [1.29, 1.82) is 0 Å². The molecule has 1 aromatic heterocycles. The minimum Gasteiger partial charge on any atom is -0.478 e. The number of anilines is 1. The number of rotatable bonds is 5. The van der Waals surface area contributed by atoms with Crippen LogP contribution in [-0.2, 0) is 5.41 Å². The van der Waals surface area contributed by atoms with Gasteiger partial charge in [0.05, 0.1) is 5.56 Å². The van der Waals surface area contributed by atoms with Crippen molar-refractivity contribution in [2.24, 2.45) is 5.73 Å². The van der Waals surface area contributed by atoms with Crippen molar-refractivity contribution in [3.05, 3.63) is 58.7 Å². The Hall–Kier alpha value is -2.64. The summed E-state index contributed by atoms with van der Waals surface area (Å²) in [5.74, 6) is -0.549. The van der Waals surface area contributed by atoms with Gasteiger partial charge in [-0.15, -0.1) is 0 Å². The van der Waals surface area contributed by atoms with E-state index in [0.717, 1.165) is 25.7 Å². The van der Waals surface area contributed by atoms with Crippen LogP contribution in [0.4, 0.5) is 10.6 Å². The molecule has 1 saturated carbocycles. The van der Waals surface area contributed by atoms with Gasteiger partial charge in [0.2, 0.25) is 0 Å². The summed E-state index contributed by atoms with van der Waals surface area (Å²) < 4.78 is 0. The normalized spacial score (nSPS) is 24.3. The SMILES string of the molecule is NC[C@]1(c2cccc(Cl)c2)CC[C@H](N2CCN(c3ccc(C(=O)O)cn3)C2=O)CC1. The molecular formula is C22H25ClN4O3. The number of hydrogen-bond donors (Lipinski definition) is 2. The van der Waals surface area contributed by atoms with E-state index in [9.17, 15) is 9.59 Å². The fraction of sp³-hybridized carbons (Fsp3) is 0.409. The molecule has 2 aliphatic rings. The Balaban J connectivity index is 1.44. The predicted octanol–water partition coefficient (Wildman–Crippen LogP) is 3.51. The fourth-order valence-electron chi connectivity index (χ4n) is 4.67. The number of carbonyl (C=O) groups is 2. The average Bonchev–Trinajstić information content (AvgIpc) is 3.15. The maximum atomic E-state index is 13.0. The minimum absolute atomic E-state index is 0.0708. The van der Waals surface area contributed by atoms with Gasteiger partial charge in [0, 0.05) is 42.3 Å². The lowest BCUT2D eigenvalue weighted by Crippen LogP contribution is -2.47. The van der Waals surface area contributed by atoms with Gasteiger partial charge in [0.1, 0.15) is 5.82 Å². The van der Waals surface area contributed by atoms with E-state index in [1.165, 1.54) is 17.8 Å². The zero-order valence-electron chi connectivity index (χ0n) is 16.6. The Morgan fingerprint density at radius 1 is 1.23 bits per heavy atom. The lowest BCUT2D eigenvalue weighted by molar-refractivity contribution is 0.0696. The van der Waals surface area contributed by atoms with Crippen molar-refractivity contribution in [3.63, 3.8) is 0 Å². The summed E-state index contributed by atoms with van der Waals surface area (Å²) in [4.78, 5) is 31.7. The molecule has 0 spiro atoms. The fourth-order valence-corrected chi connectivity index (χ4v) is 4.86.